The number of phenols is 1. The molecule has 0 fully saturated rings. The van der Waals surface area contributed by atoms with Gasteiger partial charge < -0.3 is 5.11 Å². The third-order valence-electron chi connectivity index (χ3n) is 2.91. The van der Waals surface area contributed by atoms with Crippen molar-refractivity contribution in [3.05, 3.63) is 41.2 Å². The molecule has 1 aromatic carbocycles. The molecule has 1 N–H and O–H groups in total. The van der Waals surface area contributed by atoms with Gasteiger partial charge in [0.15, 0.2) is 0 Å². The Morgan fingerprint density at radius 3 is 2.67 bits per heavy atom. The second-order valence-electron chi connectivity index (χ2n) is 4.50. The summed E-state index contributed by atoms with van der Waals surface area (Å²) < 4.78 is 1.71. The van der Waals surface area contributed by atoms with Crippen LogP contribution in [0.4, 0.5) is 0 Å². The van der Waals surface area contributed by atoms with E-state index in [9.17, 15) is 5.11 Å². The molecule has 96 valence electrons. The van der Waals surface area contributed by atoms with Crippen molar-refractivity contribution in [3.8, 4) is 11.4 Å². The van der Waals surface area contributed by atoms with Gasteiger partial charge in [0.25, 0.3) is 0 Å². The third-order valence-corrected chi connectivity index (χ3v) is 4.46. The maximum absolute atomic E-state index is 9.60. The summed E-state index contributed by atoms with van der Waals surface area (Å²) in [5.41, 5.74) is 1.80. The molecule has 0 amide bonds. The van der Waals surface area contributed by atoms with Gasteiger partial charge in [0, 0.05) is 12.3 Å². The maximum atomic E-state index is 9.60. The molecule has 1 aromatic heterocycles. The van der Waals surface area contributed by atoms with E-state index < -0.39 is 0 Å². The van der Waals surface area contributed by atoms with Gasteiger partial charge in [0.2, 0.25) is 0 Å². The molecule has 0 aliphatic carbocycles. The summed E-state index contributed by atoms with van der Waals surface area (Å²) in [7, 11) is 0. The summed E-state index contributed by atoms with van der Waals surface area (Å²) in [4.78, 5) is 0. The minimum absolute atomic E-state index is 0.0281. The second-order valence-corrected chi connectivity index (χ2v) is 6.33. The van der Waals surface area contributed by atoms with Crippen molar-refractivity contribution in [2.45, 2.75) is 18.6 Å². The first-order chi connectivity index (χ1) is 8.44. The smallest absolute Gasteiger partial charge is 0.136 e. The van der Waals surface area contributed by atoms with E-state index in [0.717, 1.165) is 11.4 Å². The Balaban J connectivity index is 2.38. The average molecular weight is 283 g/mol. The predicted molar refractivity (Wildman–Crippen MR) is 76.8 cm³/mol. The summed E-state index contributed by atoms with van der Waals surface area (Å²) in [6.07, 6.45) is 3.95. The zero-order chi connectivity index (χ0) is 13.3. The fraction of sp³-hybridized carbons (Fsp3) is 0.308. The first-order valence-electron chi connectivity index (χ1n) is 5.54. The van der Waals surface area contributed by atoms with Gasteiger partial charge in [-0.05, 0) is 38.3 Å². The molecule has 0 spiro atoms. The van der Waals surface area contributed by atoms with Gasteiger partial charge >= 0.3 is 0 Å². The van der Waals surface area contributed by atoms with E-state index in [4.69, 9.17) is 11.6 Å². The first kappa shape index (κ1) is 13.3. The van der Waals surface area contributed by atoms with Crippen LogP contribution in [0.1, 0.15) is 19.5 Å². The molecule has 0 bridgehead atoms. The lowest BCUT2D eigenvalue weighted by Gasteiger charge is -2.18. The molecule has 0 aliphatic heterocycles. The summed E-state index contributed by atoms with van der Waals surface area (Å²) in [5, 5.41) is 14.5. The molecule has 2 rings (SSSR count). The number of aromatic nitrogens is 2. The van der Waals surface area contributed by atoms with Crippen molar-refractivity contribution in [2.24, 2.45) is 0 Å². The third kappa shape index (κ3) is 2.49. The molecule has 0 aliphatic rings. The van der Waals surface area contributed by atoms with Crippen LogP contribution in [-0.2, 0) is 4.75 Å². The quantitative estimate of drug-likeness (QED) is 0.930. The average Bonchev–Trinajstić information content (AvgIpc) is 2.83. The van der Waals surface area contributed by atoms with Crippen LogP contribution in [0, 0.1) is 0 Å². The number of thioether (sulfide) groups is 1. The fourth-order valence-corrected chi connectivity index (χ4v) is 1.97. The van der Waals surface area contributed by atoms with Crippen LogP contribution >= 0.6 is 23.4 Å². The Morgan fingerprint density at radius 1 is 1.33 bits per heavy atom. The zero-order valence-electron chi connectivity index (χ0n) is 10.5. The molecule has 1 heterocycles. The van der Waals surface area contributed by atoms with Crippen LogP contribution < -0.4 is 0 Å². The Morgan fingerprint density at radius 2 is 2.06 bits per heavy atom. The largest absolute Gasteiger partial charge is 0.506 e. The maximum Gasteiger partial charge on any atom is 0.136 e. The van der Waals surface area contributed by atoms with E-state index in [1.807, 2.05) is 18.3 Å². The molecule has 0 radical (unpaired) electrons. The zero-order valence-corrected chi connectivity index (χ0v) is 12.1. The number of hydrogen-bond donors (Lipinski definition) is 1. The molecular weight excluding hydrogens is 268 g/mol. The molecule has 0 saturated carbocycles. The van der Waals surface area contributed by atoms with Crippen LogP contribution in [-0.4, -0.2) is 21.1 Å². The number of phenolic OH excluding ortho intramolecular Hbond substituents is 1. The minimum Gasteiger partial charge on any atom is -0.506 e. The van der Waals surface area contributed by atoms with Crippen molar-refractivity contribution in [3.63, 3.8) is 0 Å². The van der Waals surface area contributed by atoms with Gasteiger partial charge in [-0.15, -0.1) is 0 Å². The molecular formula is C13H15ClN2OS. The van der Waals surface area contributed by atoms with Gasteiger partial charge in [0.1, 0.15) is 5.75 Å². The molecule has 0 atom stereocenters. The molecule has 0 unspecified atom stereocenters. The van der Waals surface area contributed by atoms with Gasteiger partial charge in [-0.2, -0.15) is 16.9 Å². The van der Waals surface area contributed by atoms with E-state index in [1.165, 1.54) is 0 Å². The summed E-state index contributed by atoms with van der Waals surface area (Å²) in [6.45, 7) is 4.26. The number of rotatable bonds is 3. The van der Waals surface area contributed by atoms with E-state index >= 15 is 0 Å². The summed E-state index contributed by atoms with van der Waals surface area (Å²) in [5.74, 6) is 0.0651. The second kappa shape index (κ2) is 4.86. The SMILES string of the molecule is CSC(C)(C)c1ccn(-c2ccc(Cl)c(O)c2)n1. The Labute approximate surface area is 116 Å². The summed E-state index contributed by atoms with van der Waals surface area (Å²) >= 11 is 7.53. The highest BCUT2D eigenvalue weighted by Crippen LogP contribution is 2.33. The summed E-state index contributed by atoms with van der Waals surface area (Å²) in [6, 6.07) is 7.07. The van der Waals surface area contributed by atoms with E-state index in [1.54, 1.807) is 28.6 Å². The number of nitrogens with zero attached hydrogens (tertiary/aromatic N) is 2. The van der Waals surface area contributed by atoms with Crippen molar-refractivity contribution in [1.82, 2.24) is 9.78 Å². The highest BCUT2D eigenvalue weighted by molar-refractivity contribution is 7.99. The lowest BCUT2D eigenvalue weighted by Crippen LogP contribution is -2.12. The van der Waals surface area contributed by atoms with E-state index in [2.05, 4.69) is 25.2 Å². The van der Waals surface area contributed by atoms with E-state index in [-0.39, 0.29) is 10.5 Å². The van der Waals surface area contributed by atoms with Crippen LogP contribution in [0.2, 0.25) is 5.02 Å². The minimum atomic E-state index is -0.0281. The number of hydrogen-bond acceptors (Lipinski definition) is 3. The predicted octanol–water partition coefficient (Wildman–Crippen LogP) is 3.83. The van der Waals surface area contributed by atoms with Crippen molar-refractivity contribution in [2.75, 3.05) is 6.26 Å². The van der Waals surface area contributed by atoms with Gasteiger partial charge in [-0.25, -0.2) is 4.68 Å². The highest BCUT2D eigenvalue weighted by Gasteiger charge is 2.22. The van der Waals surface area contributed by atoms with E-state index in [0.29, 0.717) is 5.02 Å². The monoisotopic (exact) mass is 282 g/mol. The number of benzene rings is 1. The highest BCUT2D eigenvalue weighted by atomic mass is 35.5. The van der Waals surface area contributed by atoms with Gasteiger partial charge in [-0.3, -0.25) is 0 Å². The van der Waals surface area contributed by atoms with Crippen molar-refractivity contribution >= 4 is 23.4 Å². The molecule has 5 heteroatoms. The Hall–Kier alpha value is -1.13. The van der Waals surface area contributed by atoms with Crippen LogP contribution in [0.5, 0.6) is 5.75 Å². The number of aromatic hydroxyl groups is 1. The van der Waals surface area contributed by atoms with Crippen molar-refractivity contribution in [1.29, 1.82) is 0 Å². The van der Waals surface area contributed by atoms with Crippen LogP contribution in [0.15, 0.2) is 30.5 Å². The van der Waals surface area contributed by atoms with Gasteiger partial charge in [0.05, 0.1) is 21.2 Å². The molecule has 3 nitrogen and oxygen atoms in total. The van der Waals surface area contributed by atoms with Crippen LogP contribution in [0.25, 0.3) is 5.69 Å². The molecule has 2 aromatic rings. The van der Waals surface area contributed by atoms with Gasteiger partial charge in [-0.1, -0.05) is 11.6 Å². The standard InChI is InChI=1S/C13H15ClN2OS/c1-13(2,18-3)12-6-7-16(15-12)9-4-5-10(14)11(17)8-9/h4-8,17H,1-3H3. The number of halogens is 1. The topological polar surface area (TPSA) is 38.0 Å². The Kier molecular flexibility index (Phi) is 3.59. The van der Waals surface area contributed by atoms with Crippen molar-refractivity contribution < 1.29 is 5.11 Å². The lowest BCUT2D eigenvalue weighted by atomic mass is 10.1. The normalized spacial score (nSPS) is 11.8. The van der Waals surface area contributed by atoms with Crippen LogP contribution in [0.3, 0.4) is 0 Å². The molecule has 0 saturated heterocycles. The lowest BCUT2D eigenvalue weighted by molar-refractivity contribution is 0.475. The first-order valence-corrected chi connectivity index (χ1v) is 7.14. The molecule has 18 heavy (non-hydrogen) atoms. The fourth-order valence-electron chi connectivity index (χ4n) is 1.54. The Bertz CT molecular complexity index is 566.